The Balaban J connectivity index is 3.53. The molecule has 0 saturated heterocycles. The van der Waals surface area contributed by atoms with Crippen LogP contribution in [0.4, 0.5) is 0 Å². The van der Waals surface area contributed by atoms with E-state index < -0.39 is 0 Å². The third-order valence-electron chi connectivity index (χ3n) is 2.15. The molecule has 5 nitrogen and oxygen atoms in total. The first-order valence-electron chi connectivity index (χ1n) is 5.87. The van der Waals surface area contributed by atoms with Crippen molar-refractivity contribution in [3.8, 4) is 0 Å². The third kappa shape index (κ3) is 9.09. The van der Waals surface area contributed by atoms with E-state index in [9.17, 15) is 4.79 Å². The Labute approximate surface area is 104 Å². The zero-order valence-corrected chi connectivity index (χ0v) is 11.5. The van der Waals surface area contributed by atoms with Gasteiger partial charge in [-0.1, -0.05) is 0 Å². The first kappa shape index (κ1) is 16.4. The highest BCUT2D eigenvalue weighted by Crippen LogP contribution is 2.05. The normalized spacial score (nSPS) is 13.5. The van der Waals surface area contributed by atoms with Crippen molar-refractivity contribution in [1.82, 2.24) is 5.32 Å². The minimum Gasteiger partial charge on any atom is -0.468 e. The van der Waals surface area contributed by atoms with Crippen LogP contribution >= 0.6 is 0 Å². The molecule has 1 atom stereocenters. The zero-order chi connectivity index (χ0) is 13.3. The van der Waals surface area contributed by atoms with Crippen molar-refractivity contribution >= 4 is 5.97 Å². The second-order valence-electron chi connectivity index (χ2n) is 4.73. The molecule has 0 aromatic heterocycles. The molecule has 0 radical (unpaired) electrons. The summed E-state index contributed by atoms with van der Waals surface area (Å²) in [5, 5.41) is 2.88. The molecule has 5 heteroatoms. The SMILES string of the molecule is CNC(CCOCCOC(C)(C)C)C(=O)OC. The minimum absolute atomic E-state index is 0.136. The molecule has 0 saturated carbocycles. The van der Waals surface area contributed by atoms with E-state index >= 15 is 0 Å². The van der Waals surface area contributed by atoms with Gasteiger partial charge in [-0.2, -0.15) is 0 Å². The Kier molecular flexibility index (Phi) is 8.12. The molecule has 17 heavy (non-hydrogen) atoms. The van der Waals surface area contributed by atoms with E-state index in [-0.39, 0.29) is 17.6 Å². The van der Waals surface area contributed by atoms with Crippen molar-refractivity contribution < 1.29 is 19.0 Å². The Morgan fingerprint density at radius 1 is 1.24 bits per heavy atom. The second kappa shape index (κ2) is 8.44. The van der Waals surface area contributed by atoms with Crippen LogP contribution in [0.15, 0.2) is 0 Å². The molecule has 0 aromatic carbocycles. The van der Waals surface area contributed by atoms with Crippen molar-refractivity contribution in [2.75, 3.05) is 34.0 Å². The molecule has 102 valence electrons. The molecular formula is C12H25NO4. The Morgan fingerprint density at radius 2 is 1.88 bits per heavy atom. The highest BCUT2D eigenvalue weighted by Gasteiger charge is 2.16. The van der Waals surface area contributed by atoms with Gasteiger partial charge < -0.3 is 19.5 Å². The fourth-order valence-electron chi connectivity index (χ4n) is 1.23. The maximum atomic E-state index is 11.2. The van der Waals surface area contributed by atoms with Crippen LogP contribution < -0.4 is 5.32 Å². The van der Waals surface area contributed by atoms with Crippen LogP contribution in [0.3, 0.4) is 0 Å². The van der Waals surface area contributed by atoms with Gasteiger partial charge in [0.2, 0.25) is 0 Å². The fraction of sp³-hybridized carbons (Fsp3) is 0.917. The molecule has 0 bridgehead atoms. The highest BCUT2D eigenvalue weighted by molar-refractivity contribution is 5.75. The molecule has 1 unspecified atom stereocenters. The number of nitrogens with one attached hydrogen (secondary N) is 1. The maximum absolute atomic E-state index is 11.2. The average molecular weight is 247 g/mol. The molecule has 1 N–H and O–H groups in total. The highest BCUT2D eigenvalue weighted by atomic mass is 16.5. The summed E-state index contributed by atoms with van der Waals surface area (Å²) in [7, 11) is 3.11. The lowest BCUT2D eigenvalue weighted by atomic mass is 10.2. The van der Waals surface area contributed by atoms with Crippen molar-refractivity contribution in [1.29, 1.82) is 0 Å². The largest absolute Gasteiger partial charge is 0.468 e. The van der Waals surface area contributed by atoms with Crippen LogP contribution in [0, 0.1) is 0 Å². The van der Waals surface area contributed by atoms with Gasteiger partial charge in [-0.3, -0.25) is 4.79 Å². The van der Waals surface area contributed by atoms with Gasteiger partial charge in [0.05, 0.1) is 25.9 Å². The van der Waals surface area contributed by atoms with E-state index in [1.807, 2.05) is 20.8 Å². The molecule has 0 aliphatic rings. The monoisotopic (exact) mass is 247 g/mol. The van der Waals surface area contributed by atoms with E-state index in [0.717, 1.165) is 0 Å². The molecule has 0 aliphatic heterocycles. The Morgan fingerprint density at radius 3 is 2.35 bits per heavy atom. The number of hydrogen-bond donors (Lipinski definition) is 1. The van der Waals surface area contributed by atoms with Crippen molar-refractivity contribution in [2.24, 2.45) is 0 Å². The molecular weight excluding hydrogens is 222 g/mol. The summed E-state index contributed by atoms with van der Waals surface area (Å²) in [5.41, 5.74) is -0.136. The van der Waals surface area contributed by atoms with Gasteiger partial charge in [0.1, 0.15) is 6.04 Å². The number of likely N-dealkylation sites (N-methyl/N-ethyl adjacent to an activating group) is 1. The number of rotatable bonds is 8. The van der Waals surface area contributed by atoms with Gasteiger partial charge >= 0.3 is 5.97 Å². The van der Waals surface area contributed by atoms with Crippen molar-refractivity contribution in [3.05, 3.63) is 0 Å². The van der Waals surface area contributed by atoms with Crippen LogP contribution in [0.1, 0.15) is 27.2 Å². The smallest absolute Gasteiger partial charge is 0.322 e. The lowest BCUT2D eigenvalue weighted by Crippen LogP contribution is -2.36. The van der Waals surface area contributed by atoms with Crippen LogP contribution in [-0.4, -0.2) is 51.6 Å². The summed E-state index contributed by atoms with van der Waals surface area (Å²) in [6, 6.07) is -0.302. The predicted molar refractivity (Wildman–Crippen MR) is 66.0 cm³/mol. The summed E-state index contributed by atoms with van der Waals surface area (Å²) < 4.78 is 15.5. The number of esters is 1. The topological polar surface area (TPSA) is 56.8 Å². The van der Waals surface area contributed by atoms with Crippen LogP contribution in [-0.2, 0) is 19.0 Å². The molecule has 0 amide bonds. The third-order valence-corrected chi connectivity index (χ3v) is 2.15. The van der Waals surface area contributed by atoms with Gasteiger partial charge in [0, 0.05) is 6.61 Å². The van der Waals surface area contributed by atoms with Gasteiger partial charge in [0.25, 0.3) is 0 Å². The Hall–Kier alpha value is -0.650. The second-order valence-corrected chi connectivity index (χ2v) is 4.73. The molecule has 0 aromatic rings. The van der Waals surface area contributed by atoms with Gasteiger partial charge in [-0.25, -0.2) is 0 Å². The van der Waals surface area contributed by atoms with Gasteiger partial charge in [-0.15, -0.1) is 0 Å². The predicted octanol–water partition coefficient (Wildman–Crippen LogP) is 0.969. The summed E-state index contributed by atoms with van der Waals surface area (Å²) in [4.78, 5) is 11.2. The van der Waals surface area contributed by atoms with Crippen molar-refractivity contribution in [2.45, 2.75) is 38.8 Å². The van der Waals surface area contributed by atoms with Crippen LogP contribution in [0.5, 0.6) is 0 Å². The van der Waals surface area contributed by atoms with E-state index in [1.165, 1.54) is 7.11 Å². The molecule has 0 heterocycles. The summed E-state index contributed by atoms with van der Waals surface area (Å²) in [6.07, 6.45) is 0.596. The molecule has 0 fully saturated rings. The standard InChI is InChI=1S/C12H25NO4/c1-12(2,3)17-9-8-16-7-6-10(13-4)11(14)15-5/h10,13H,6-9H2,1-5H3. The first-order chi connectivity index (χ1) is 7.90. The summed E-state index contributed by atoms with van der Waals surface area (Å²) in [5.74, 6) is -0.262. The van der Waals surface area contributed by atoms with Crippen molar-refractivity contribution in [3.63, 3.8) is 0 Å². The number of methoxy groups -OCH3 is 1. The maximum Gasteiger partial charge on any atom is 0.322 e. The quantitative estimate of drug-likeness (QED) is 0.511. The van der Waals surface area contributed by atoms with Crippen LogP contribution in [0.25, 0.3) is 0 Å². The zero-order valence-electron chi connectivity index (χ0n) is 11.5. The number of hydrogen-bond acceptors (Lipinski definition) is 5. The lowest BCUT2D eigenvalue weighted by Gasteiger charge is -2.19. The van der Waals surface area contributed by atoms with E-state index in [4.69, 9.17) is 9.47 Å². The lowest BCUT2D eigenvalue weighted by molar-refractivity contribution is -0.143. The summed E-state index contributed by atoms with van der Waals surface area (Å²) in [6.45, 7) is 7.61. The molecule has 0 spiro atoms. The number of carbonyl (C=O) groups is 1. The summed E-state index contributed by atoms with van der Waals surface area (Å²) >= 11 is 0. The average Bonchev–Trinajstić information content (AvgIpc) is 2.26. The Bertz CT molecular complexity index is 213. The first-order valence-corrected chi connectivity index (χ1v) is 5.87. The molecule has 0 aliphatic carbocycles. The molecule has 0 rings (SSSR count). The fourth-order valence-corrected chi connectivity index (χ4v) is 1.23. The van der Waals surface area contributed by atoms with E-state index in [2.05, 4.69) is 10.1 Å². The van der Waals surface area contributed by atoms with E-state index in [0.29, 0.717) is 26.2 Å². The van der Waals surface area contributed by atoms with Gasteiger partial charge in [-0.05, 0) is 34.2 Å². The van der Waals surface area contributed by atoms with Gasteiger partial charge in [0.15, 0.2) is 0 Å². The van der Waals surface area contributed by atoms with Crippen LogP contribution in [0.2, 0.25) is 0 Å². The minimum atomic E-state index is -0.302. The number of ether oxygens (including phenoxy) is 3. The van der Waals surface area contributed by atoms with E-state index in [1.54, 1.807) is 7.05 Å². The number of carbonyl (C=O) groups excluding carboxylic acids is 1.